The minimum Gasteiger partial charge on any atom is -0.507 e. The van der Waals surface area contributed by atoms with Crippen LogP contribution in [0.5, 0.6) is 11.5 Å². The summed E-state index contributed by atoms with van der Waals surface area (Å²) in [7, 11) is 0. The van der Waals surface area contributed by atoms with E-state index >= 15 is 0 Å². The van der Waals surface area contributed by atoms with Gasteiger partial charge in [0, 0.05) is 18.1 Å². The fourth-order valence-corrected chi connectivity index (χ4v) is 2.80. The number of phenols is 1. The SMILES string of the molecule is Cc1cc(C2C[C@H](O)c3ccc(F)cc3O2)cc(C)c1O. The van der Waals surface area contributed by atoms with E-state index in [9.17, 15) is 14.6 Å². The van der Waals surface area contributed by atoms with Crippen LogP contribution in [0.2, 0.25) is 0 Å². The number of hydrogen-bond donors (Lipinski definition) is 2. The van der Waals surface area contributed by atoms with E-state index in [2.05, 4.69) is 0 Å². The molecule has 1 aliphatic rings. The van der Waals surface area contributed by atoms with Crippen LogP contribution >= 0.6 is 0 Å². The van der Waals surface area contributed by atoms with Gasteiger partial charge in [-0.05, 0) is 54.8 Å². The standard InChI is InChI=1S/C17H17FO3/c1-9-5-11(6-10(2)17(9)20)15-8-14(19)13-4-3-12(18)7-16(13)21-15/h3-7,14-15,19-20H,8H2,1-2H3/t14-,15?/m0/s1. The Morgan fingerprint density at radius 1 is 1.14 bits per heavy atom. The summed E-state index contributed by atoms with van der Waals surface area (Å²) in [4.78, 5) is 0. The molecule has 21 heavy (non-hydrogen) atoms. The van der Waals surface area contributed by atoms with Crippen molar-refractivity contribution >= 4 is 0 Å². The summed E-state index contributed by atoms with van der Waals surface area (Å²) in [6.07, 6.45) is -0.636. The van der Waals surface area contributed by atoms with Crippen LogP contribution < -0.4 is 4.74 Å². The fraction of sp³-hybridized carbons (Fsp3) is 0.294. The largest absolute Gasteiger partial charge is 0.507 e. The van der Waals surface area contributed by atoms with E-state index in [1.165, 1.54) is 12.1 Å². The summed E-state index contributed by atoms with van der Waals surface area (Å²) < 4.78 is 19.2. The van der Waals surface area contributed by atoms with E-state index in [-0.39, 0.29) is 17.7 Å². The average molecular weight is 288 g/mol. The molecule has 0 saturated heterocycles. The lowest BCUT2D eigenvalue weighted by atomic mass is 9.93. The second-order valence-corrected chi connectivity index (χ2v) is 5.54. The minimum absolute atomic E-state index is 0.265. The molecule has 2 atom stereocenters. The third-order valence-corrected chi connectivity index (χ3v) is 3.93. The number of aliphatic hydroxyl groups is 1. The number of aryl methyl sites for hydroxylation is 2. The summed E-state index contributed by atoms with van der Waals surface area (Å²) in [5.74, 6) is 0.253. The van der Waals surface area contributed by atoms with Gasteiger partial charge >= 0.3 is 0 Å². The van der Waals surface area contributed by atoms with Crippen LogP contribution in [-0.2, 0) is 0 Å². The van der Waals surface area contributed by atoms with Crippen molar-refractivity contribution in [2.75, 3.05) is 0 Å². The highest BCUT2D eigenvalue weighted by Gasteiger charge is 2.28. The maximum absolute atomic E-state index is 13.3. The Balaban J connectivity index is 1.99. The van der Waals surface area contributed by atoms with Crippen LogP contribution in [0, 0.1) is 19.7 Å². The van der Waals surface area contributed by atoms with Crippen molar-refractivity contribution in [3.63, 3.8) is 0 Å². The zero-order valence-electron chi connectivity index (χ0n) is 11.9. The van der Waals surface area contributed by atoms with Crippen LogP contribution in [0.3, 0.4) is 0 Å². The summed E-state index contributed by atoms with van der Waals surface area (Å²) in [5.41, 5.74) is 3.00. The normalized spacial score (nSPS) is 20.8. The second-order valence-electron chi connectivity index (χ2n) is 5.54. The highest BCUT2D eigenvalue weighted by atomic mass is 19.1. The van der Waals surface area contributed by atoms with Crippen molar-refractivity contribution in [2.24, 2.45) is 0 Å². The Kier molecular flexibility index (Phi) is 3.33. The number of aliphatic hydroxyl groups excluding tert-OH is 1. The van der Waals surface area contributed by atoms with Gasteiger partial charge < -0.3 is 14.9 Å². The summed E-state index contributed by atoms with van der Waals surface area (Å²) in [6, 6.07) is 7.85. The van der Waals surface area contributed by atoms with E-state index in [1.807, 2.05) is 26.0 Å². The molecule has 2 N–H and O–H groups in total. The number of benzene rings is 2. The second kappa shape index (κ2) is 5.04. The van der Waals surface area contributed by atoms with Gasteiger partial charge in [-0.25, -0.2) is 4.39 Å². The summed E-state index contributed by atoms with van der Waals surface area (Å²) in [5, 5.41) is 20.1. The molecule has 1 heterocycles. The summed E-state index contributed by atoms with van der Waals surface area (Å²) >= 11 is 0. The van der Waals surface area contributed by atoms with Crippen LogP contribution in [0.4, 0.5) is 4.39 Å². The van der Waals surface area contributed by atoms with Gasteiger partial charge in [0.25, 0.3) is 0 Å². The molecule has 1 aliphatic heterocycles. The van der Waals surface area contributed by atoms with Gasteiger partial charge in [-0.1, -0.05) is 0 Å². The summed E-state index contributed by atoms with van der Waals surface area (Å²) in [6.45, 7) is 3.64. The van der Waals surface area contributed by atoms with Crippen LogP contribution in [0.1, 0.15) is 40.9 Å². The first kappa shape index (κ1) is 13.9. The van der Waals surface area contributed by atoms with Crippen molar-refractivity contribution in [2.45, 2.75) is 32.5 Å². The van der Waals surface area contributed by atoms with Gasteiger partial charge in [0.05, 0.1) is 6.10 Å². The maximum atomic E-state index is 13.3. The molecule has 0 aromatic heterocycles. The quantitative estimate of drug-likeness (QED) is 0.841. The molecule has 3 nitrogen and oxygen atoms in total. The maximum Gasteiger partial charge on any atom is 0.128 e. The highest BCUT2D eigenvalue weighted by Crippen LogP contribution is 2.42. The Labute approximate surface area is 122 Å². The van der Waals surface area contributed by atoms with E-state index in [1.54, 1.807) is 6.07 Å². The van der Waals surface area contributed by atoms with Crippen molar-refractivity contribution < 1.29 is 19.3 Å². The van der Waals surface area contributed by atoms with E-state index in [4.69, 9.17) is 4.74 Å². The molecule has 0 aliphatic carbocycles. The molecule has 0 saturated carbocycles. The number of ether oxygens (including phenoxy) is 1. The molecule has 0 fully saturated rings. The topological polar surface area (TPSA) is 49.7 Å². The zero-order valence-corrected chi connectivity index (χ0v) is 11.9. The lowest BCUT2D eigenvalue weighted by molar-refractivity contribution is 0.0653. The fourth-order valence-electron chi connectivity index (χ4n) is 2.80. The van der Waals surface area contributed by atoms with Crippen LogP contribution in [0.25, 0.3) is 0 Å². The number of phenolic OH excluding ortho intramolecular Hbond substituents is 1. The van der Waals surface area contributed by atoms with Gasteiger partial charge in [0.15, 0.2) is 0 Å². The smallest absolute Gasteiger partial charge is 0.128 e. The molecule has 0 bridgehead atoms. The number of rotatable bonds is 1. The lowest BCUT2D eigenvalue weighted by Gasteiger charge is -2.30. The average Bonchev–Trinajstić information content (AvgIpc) is 2.43. The molecule has 4 heteroatoms. The van der Waals surface area contributed by atoms with E-state index in [0.29, 0.717) is 17.7 Å². The predicted molar refractivity (Wildman–Crippen MR) is 76.9 cm³/mol. The molecule has 110 valence electrons. The molecule has 3 rings (SSSR count). The van der Waals surface area contributed by atoms with Crippen molar-refractivity contribution in [3.8, 4) is 11.5 Å². The van der Waals surface area contributed by atoms with Crippen LogP contribution in [-0.4, -0.2) is 10.2 Å². The van der Waals surface area contributed by atoms with Gasteiger partial charge in [0.1, 0.15) is 23.4 Å². The van der Waals surface area contributed by atoms with Crippen molar-refractivity contribution in [3.05, 3.63) is 58.4 Å². The molecular weight excluding hydrogens is 271 g/mol. The Bertz CT molecular complexity index is 673. The third-order valence-electron chi connectivity index (χ3n) is 3.93. The first-order chi connectivity index (χ1) is 9.95. The first-order valence-electron chi connectivity index (χ1n) is 6.90. The number of hydrogen-bond acceptors (Lipinski definition) is 3. The van der Waals surface area contributed by atoms with Gasteiger partial charge in [-0.2, -0.15) is 0 Å². The molecule has 0 amide bonds. The number of fused-ring (bicyclic) bond motifs is 1. The van der Waals surface area contributed by atoms with E-state index in [0.717, 1.165) is 16.7 Å². The molecule has 2 aromatic rings. The Hall–Kier alpha value is -2.07. The molecule has 0 radical (unpaired) electrons. The Morgan fingerprint density at radius 2 is 1.81 bits per heavy atom. The van der Waals surface area contributed by atoms with Gasteiger partial charge in [-0.3, -0.25) is 0 Å². The van der Waals surface area contributed by atoms with Gasteiger partial charge in [-0.15, -0.1) is 0 Å². The van der Waals surface area contributed by atoms with Gasteiger partial charge in [0.2, 0.25) is 0 Å². The highest BCUT2D eigenvalue weighted by molar-refractivity contribution is 5.44. The monoisotopic (exact) mass is 288 g/mol. The predicted octanol–water partition coefficient (Wildman–Crippen LogP) is 3.71. The zero-order chi connectivity index (χ0) is 15.1. The molecular formula is C17H17FO3. The number of halogens is 1. The Morgan fingerprint density at radius 3 is 2.48 bits per heavy atom. The molecule has 0 spiro atoms. The van der Waals surface area contributed by atoms with Crippen LogP contribution in [0.15, 0.2) is 30.3 Å². The third kappa shape index (κ3) is 2.47. The molecule has 1 unspecified atom stereocenters. The number of aromatic hydroxyl groups is 1. The first-order valence-corrected chi connectivity index (χ1v) is 6.90. The minimum atomic E-state index is -0.686. The molecule has 2 aromatic carbocycles. The van der Waals surface area contributed by atoms with E-state index < -0.39 is 6.10 Å². The van der Waals surface area contributed by atoms with Crippen molar-refractivity contribution in [1.29, 1.82) is 0 Å². The van der Waals surface area contributed by atoms with Crippen molar-refractivity contribution in [1.82, 2.24) is 0 Å². The lowest BCUT2D eigenvalue weighted by Crippen LogP contribution is -2.19.